The fourth-order valence-corrected chi connectivity index (χ4v) is 3.11. The van der Waals surface area contributed by atoms with Crippen molar-refractivity contribution in [1.29, 1.82) is 0 Å². The Morgan fingerprint density at radius 1 is 1.14 bits per heavy atom. The Morgan fingerprint density at radius 3 is 2.54 bits per heavy atom. The SMILES string of the molecule is COc1ccc(C(=O)[C@H](C)OC(=O)COc2cccc3c2OC(C)(C)C3)cc1. The largest absolute Gasteiger partial charge is 0.497 e. The van der Waals surface area contributed by atoms with Gasteiger partial charge in [-0.3, -0.25) is 4.79 Å². The smallest absolute Gasteiger partial charge is 0.344 e. The summed E-state index contributed by atoms with van der Waals surface area (Å²) in [7, 11) is 1.55. The van der Waals surface area contributed by atoms with Gasteiger partial charge in [0.15, 0.2) is 24.2 Å². The molecule has 1 aliphatic rings. The van der Waals surface area contributed by atoms with Crippen molar-refractivity contribution in [2.75, 3.05) is 13.7 Å². The molecule has 0 amide bonds. The van der Waals surface area contributed by atoms with Crippen molar-refractivity contribution < 1.29 is 28.5 Å². The zero-order valence-electron chi connectivity index (χ0n) is 16.5. The third kappa shape index (κ3) is 4.44. The second kappa shape index (κ2) is 7.92. The molecule has 0 bridgehead atoms. The van der Waals surface area contributed by atoms with Crippen molar-refractivity contribution in [3.05, 3.63) is 53.6 Å². The maximum atomic E-state index is 12.4. The van der Waals surface area contributed by atoms with E-state index in [2.05, 4.69) is 0 Å². The minimum atomic E-state index is -0.916. The van der Waals surface area contributed by atoms with Crippen molar-refractivity contribution in [3.63, 3.8) is 0 Å². The summed E-state index contributed by atoms with van der Waals surface area (Å²) in [5.41, 5.74) is 1.18. The molecule has 0 N–H and O–H groups in total. The fourth-order valence-electron chi connectivity index (χ4n) is 3.11. The van der Waals surface area contributed by atoms with Crippen molar-refractivity contribution >= 4 is 11.8 Å². The molecular weight excluding hydrogens is 360 g/mol. The number of methoxy groups -OCH3 is 1. The summed E-state index contributed by atoms with van der Waals surface area (Å²) >= 11 is 0. The van der Waals surface area contributed by atoms with E-state index in [1.54, 1.807) is 37.4 Å². The van der Waals surface area contributed by atoms with Gasteiger partial charge in [0.25, 0.3) is 0 Å². The molecule has 0 spiro atoms. The number of benzene rings is 2. The maximum Gasteiger partial charge on any atom is 0.344 e. The highest BCUT2D eigenvalue weighted by atomic mass is 16.6. The van der Waals surface area contributed by atoms with Gasteiger partial charge in [0.1, 0.15) is 11.4 Å². The quantitative estimate of drug-likeness (QED) is 0.537. The summed E-state index contributed by atoms with van der Waals surface area (Å²) in [5.74, 6) is 0.887. The topological polar surface area (TPSA) is 71.1 Å². The number of Topliss-reactive ketones (excluding diaryl/α,β-unsaturated/α-hetero) is 1. The monoisotopic (exact) mass is 384 g/mol. The van der Waals surface area contributed by atoms with Gasteiger partial charge in [-0.05, 0) is 51.1 Å². The number of hydrogen-bond acceptors (Lipinski definition) is 6. The average Bonchev–Trinajstić information content (AvgIpc) is 3.00. The zero-order chi connectivity index (χ0) is 20.3. The highest BCUT2D eigenvalue weighted by Crippen LogP contribution is 2.41. The standard InChI is InChI=1S/C22H24O6/c1-14(20(24)15-8-10-17(25-4)11-9-15)27-19(23)13-26-18-7-5-6-16-12-22(2,3)28-21(16)18/h5-11,14H,12-13H2,1-4H3/t14-/m0/s1. The van der Waals surface area contributed by atoms with Crippen molar-refractivity contribution in [1.82, 2.24) is 0 Å². The molecule has 28 heavy (non-hydrogen) atoms. The summed E-state index contributed by atoms with van der Waals surface area (Å²) in [6, 6.07) is 12.2. The van der Waals surface area contributed by atoms with Gasteiger partial charge in [0.05, 0.1) is 7.11 Å². The third-order valence-electron chi connectivity index (χ3n) is 4.45. The van der Waals surface area contributed by atoms with Crippen LogP contribution in [0.1, 0.15) is 36.7 Å². The van der Waals surface area contributed by atoms with E-state index >= 15 is 0 Å². The van der Waals surface area contributed by atoms with Crippen LogP contribution in [0.25, 0.3) is 0 Å². The third-order valence-corrected chi connectivity index (χ3v) is 4.45. The lowest BCUT2D eigenvalue weighted by Crippen LogP contribution is -2.27. The van der Waals surface area contributed by atoms with Crippen LogP contribution < -0.4 is 14.2 Å². The molecule has 0 saturated carbocycles. The first-order valence-corrected chi connectivity index (χ1v) is 9.10. The van der Waals surface area contributed by atoms with Crippen LogP contribution in [0.5, 0.6) is 17.2 Å². The van der Waals surface area contributed by atoms with E-state index in [1.807, 2.05) is 26.0 Å². The Morgan fingerprint density at radius 2 is 1.86 bits per heavy atom. The number of rotatable bonds is 7. The van der Waals surface area contributed by atoms with Crippen LogP contribution in [0, 0.1) is 0 Å². The van der Waals surface area contributed by atoms with E-state index in [0.717, 1.165) is 12.0 Å². The van der Waals surface area contributed by atoms with Crippen LogP contribution in [0.15, 0.2) is 42.5 Å². The Kier molecular flexibility index (Phi) is 5.58. The normalized spacial score (nSPS) is 15.1. The molecule has 1 heterocycles. The minimum absolute atomic E-state index is 0.290. The van der Waals surface area contributed by atoms with Gasteiger partial charge in [-0.15, -0.1) is 0 Å². The summed E-state index contributed by atoms with van der Waals surface area (Å²) in [4.78, 5) is 24.5. The van der Waals surface area contributed by atoms with Crippen LogP contribution in [0.4, 0.5) is 0 Å². The second-order valence-corrected chi connectivity index (χ2v) is 7.30. The first-order chi connectivity index (χ1) is 13.3. The van der Waals surface area contributed by atoms with Gasteiger partial charge in [-0.1, -0.05) is 12.1 Å². The molecule has 148 valence electrons. The highest BCUT2D eigenvalue weighted by Gasteiger charge is 2.32. The molecule has 3 rings (SSSR count). The lowest BCUT2D eigenvalue weighted by Gasteiger charge is -2.18. The van der Waals surface area contributed by atoms with E-state index in [-0.39, 0.29) is 18.0 Å². The van der Waals surface area contributed by atoms with Gasteiger partial charge in [-0.25, -0.2) is 4.79 Å². The Bertz CT molecular complexity index is 869. The predicted octanol–water partition coefficient (Wildman–Crippen LogP) is 3.60. The summed E-state index contributed by atoms with van der Waals surface area (Å²) in [6.07, 6.45) is -0.140. The lowest BCUT2D eigenvalue weighted by atomic mass is 10.0. The number of carbonyl (C=O) groups excluding carboxylic acids is 2. The van der Waals surface area contributed by atoms with Crippen molar-refractivity contribution in [2.24, 2.45) is 0 Å². The van der Waals surface area contributed by atoms with Crippen LogP contribution in [0.2, 0.25) is 0 Å². The van der Waals surface area contributed by atoms with Gasteiger partial charge in [0.2, 0.25) is 5.78 Å². The van der Waals surface area contributed by atoms with Crippen LogP contribution in [-0.4, -0.2) is 37.2 Å². The van der Waals surface area contributed by atoms with E-state index in [1.165, 1.54) is 6.92 Å². The molecule has 0 fully saturated rings. The molecular formula is C22H24O6. The van der Waals surface area contributed by atoms with Crippen LogP contribution >= 0.6 is 0 Å². The first kappa shape index (κ1) is 19.7. The summed E-state index contributed by atoms with van der Waals surface area (Å²) < 4.78 is 21.8. The first-order valence-electron chi connectivity index (χ1n) is 9.10. The predicted molar refractivity (Wildman–Crippen MR) is 103 cm³/mol. The molecule has 2 aromatic rings. The van der Waals surface area contributed by atoms with Crippen molar-refractivity contribution in [2.45, 2.75) is 38.9 Å². The second-order valence-electron chi connectivity index (χ2n) is 7.30. The Balaban J connectivity index is 1.56. The number of hydrogen-bond donors (Lipinski definition) is 0. The number of esters is 1. The van der Waals surface area contributed by atoms with E-state index in [4.69, 9.17) is 18.9 Å². The molecule has 1 atom stereocenters. The highest BCUT2D eigenvalue weighted by molar-refractivity contribution is 6.00. The minimum Gasteiger partial charge on any atom is -0.497 e. The van der Waals surface area contributed by atoms with Gasteiger partial charge in [0, 0.05) is 17.5 Å². The molecule has 2 aromatic carbocycles. The van der Waals surface area contributed by atoms with Crippen LogP contribution in [0.3, 0.4) is 0 Å². The van der Waals surface area contributed by atoms with Crippen molar-refractivity contribution in [3.8, 4) is 17.2 Å². The molecule has 0 radical (unpaired) electrons. The molecule has 0 aromatic heterocycles. The Labute approximate surface area is 164 Å². The molecule has 6 nitrogen and oxygen atoms in total. The Hall–Kier alpha value is -3.02. The number of carbonyl (C=O) groups is 2. The lowest BCUT2D eigenvalue weighted by molar-refractivity contribution is -0.148. The van der Waals surface area contributed by atoms with Gasteiger partial charge < -0.3 is 18.9 Å². The summed E-state index contributed by atoms with van der Waals surface area (Å²) in [5, 5.41) is 0. The summed E-state index contributed by atoms with van der Waals surface area (Å²) in [6.45, 7) is 5.23. The van der Waals surface area contributed by atoms with Crippen LogP contribution in [-0.2, 0) is 16.0 Å². The van der Waals surface area contributed by atoms with E-state index in [9.17, 15) is 9.59 Å². The zero-order valence-corrected chi connectivity index (χ0v) is 16.5. The molecule has 1 aliphatic heterocycles. The van der Waals surface area contributed by atoms with E-state index in [0.29, 0.717) is 22.8 Å². The fraction of sp³-hybridized carbons (Fsp3) is 0.364. The molecule has 0 aliphatic carbocycles. The maximum absolute atomic E-state index is 12.4. The number of fused-ring (bicyclic) bond motifs is 1. The van der Waals surface area contributed by atoms with Gasteiger partial charge in [-0.2, -0.15) is 0 Å². The number of para-hydroxylation sites is 1. The molecule has 0 saturated heterocycles. The number of ether oxygens (including phenoxy) is 4. The van der Waals surface area contributed by atoms with Gasteiger partial charge >= 0.3 is 5.97 Å². The molecule has 0 unspecified atom stereocenters. The van der Waals surface area contributed by atoms with E-state index < -0.39 is 12.1 Å². The average molecular weight is 384 g/mol. The molecule has 6 heteroatoms. The number of ketones is 1.